The lowest BCUT2D eigenvalue weighted by Gasteiger charge is -2.60. The molecule has 0 N–H and O–H groups in total. The molecule has 6 rings (SSSR count). The van der Waals surface area contributed by atoms with Crippen molar-refractivity contribution in [3.8, 4) is 0 Å². The van der Waals surface area contributed by atoms with E-state index in [4.69, 9.17) is 11.6 Å². The largest absolute Gasteiger partial charge is 0.123 e. The Kier molecular flexibility index (Phi) is 8.55. The second-order valence-corrected chi connectivity index (χ2v) is 15.0. The van der Waals surface area contributed by atoms with E-state index in [0.717, 1.165) is 59.2 Å². The van der Waals surface area contributed by atoms with E-state index in [0.29, 0.717) is 5.38 Å². The lowest BCUT2D eigenvalue weighted by Crippen LogP contribution is -2.53. The van der Waals surface area contributed by atoms with Gasteiger partial charge in [-0.2, -0.15) is 0 Å². The molecule has 0 saturated heterocycles. The van der Waals surface area contributed by atoms with Gasteiger partial charge in [0.05, 0.1) is 0 Å². The molecule has 0 heterocycles. The molecule has 6 saturated carbocycles. The standard InChI is InChI=1S/C34H55Cl/c35-28-22-20-27(21-23-28)34-31-12-6-4-10-29(31)33(30-11-5-7-13-32(30)34)26-18-16-25(17-19-26)15-14-24-8-2-1-3-9-24/h14-15,24-34H,1-13,16-23H2/b15-14+. The summed E-state index contributed by atoms with van der Waals surface area (Å²) in [5.74, 6) is 10.4. The second-order valence-electron chi connectivity index (χ2n) is 14.3. The van der Waals surface area contributed by atoms with Gasteiger partial charge < -0.3 is 0 Å². The summed E-state index contributed by atoms with van der Waals surface area (Å²) < 4.78 is 0. The first kappa shape index (κ1) is 25.3. The minimum atomic E-state index is 0.481. The van der Waals surface area contributed by atoms with Crippen molar-refractivity contribution in [1.82, 2.24) is 0 Å². The van der Waals surface area contributed by atoms with Gasteiger partial charge in [0.15, 0.2) is 0 Å². The topological polar surface area (TPSA) is 0 Å². The third-order valence-corrected chi connectivity index (χ3v) is 13.1. The summed E-state index contributed by atoms with van der Waals surface area (Å²) >= 11 is 6.59. The molecule has 0 aromatic carbocycles. The molecule has 35 heavy (non-hydrogen) atoms. The quantitative estimate of drug-likeness (QED) is 0.267. The molecule has 0 aromatic heterocycles. The van der Waals surface area contributed by atoms with Crippen LogP contribution in [0.5, 0.6) is 0 Å². The van der Waals surface area contributed by atoms with Crippen molar-refractivity contribution in [3.63, 3.8) is 0 Å². The van der Waals surface area contributed by atoms with E-state index in [1.165, 1.54) is 96.3 Å². The minimum absolute atomic E-state index is 0.481. The molecule has 198 valence electrons. The van der Waals surface area contributed by atoms with Crippen LogP contribution in [0.25, 0.3) is 0 Å². The summed E-state index contributed by atoms with van der Waals surface area (Å²) in [5, 5.41) is 0.481. The second kappa shape index (κ2) is 11.8. The molecule has 6 fully saturated rings. The smallest absolute Gasteiger partial charge is 0.0336 e. The molecule has 4 unspecified atom stereocenters. The van der Waals surface area contributed by atoms with Crippen LogP contribution in [0.4, 0.5) is 0 Å². The number of allylic oxidation sites excluding steroid dienone is 2. The van der Waals surface area contributed by atoms with Gasteiger partial charge in [-0.05, 0) is 149 Å². The summed E-state index contributed by atoms with van der Waals surface area (Å²) in [5.41, 5.74) is 0. The zero-order valence-electron chi connectivity index (χ0n) is 22.7. The summed E-state index contributed by atoms with van der Waals surface area (Å²) in [6, 6.07) is 0. The van der Waals surface area contributed by atoms with Gasteiger partial charge >= 0.3 is 0 Å². The minimum Gasteiger partial charge on any atom is -0.123 e. The maximum absolute atomic E-state index is 6.59. The molecule has 6 aliphatic rings. The van der Waals surface area contributed by atoms with E-state index >= 15 is 0 Å². The summed E-state index contributed by atoms with van der Waals surface area (Å²) in [7, 11) is 0. The molecule has 4 atom stereocenters. The molecule has 0 spiro atoms. The Labute approximate surface area is 222 Å². The molecule has 6 aliphatic carbocycles. The zero-order chi connectivity index (χ0) is 23.6. The molecule has 0 nitrogen and oxygen atoms in total. The normalized spacial score (nSPS) is 47.8. The van der Waals surface area contributed by atoms with Crippen LogP contribution in [0.15, 0.2) is 12.2 Å². The van der Waals surface area contributed by atoms with Gasteiger partial charge in [0.1, 0.15) is 0 Å². The number of hydrogen-bond acceptors (Lipinski definition) is 0. The SMILES string of the molecule is ClC1CCC(C2C3CCCCC3C(C3CCC(/C=C/C4CCCCC4)CC3)C3CCCCC32)CC1. The van der Waals surface area contributed by atoms with Gasteiger partial charge in [-0.15, -0.1) is 11.6 Å². The van der Waals surface area contributed by atoms with Crippen LogP contribution in [0.2, 0.25) is 0 Å². The first-order chi connectivity index (χ1) is 17.3. The molecular formula is C34H55Cl. The Morgan fingerprint density at radius 1 is 0.371 bits per heavy atom. The number of rotatable bonds is 4. The molecule has 1 heteroatoms. The first-order valence-electron chi connectivity index (χ1n) is 16.6. The lowest BCUT2D eigenvalue weighted by molar-refractivity contribution is -0.112. The summed E-state index contributed by atoms with van der Waals surface area (Å²) in [4.78, 5) is 0. The van der Waals surface area contributed by atoms with Crippen LogP contribution in [-0.2, 0) is 0 Å². The van der Waals surface area contributed by atoms with E-state index < -0.39 is 0 Å². The lowest BCUT2D eigenvalue weighted by atomic mass is 9.45. The Morgan fingerprint density at radius 2 is 0.743 bits per heavy atom. The van der Waals surface area contributed by atoms with Crippen LogP contribution in [0.1, 0.15) is 135 Å². The molecule has 0 amide bonds. The third-order valence-electron chi connectivity index (χ3n) is 12.6. The predicted molar refractivity (Wildman–Crippen MR) is 151 cm³/mol. The van der Waals surface area contributed by atoms with Crippen molar-refractivity contribution >= 4 is 11.6 Å². The van der Waals surface area contributed by atoms with E-state index in [9.17, 15) is 0 Å². The summed E-state index contributed by atoms with van der Waals surface area (Å²) in [6.07, 6.45) is 36.8. The van der Waals surface area contributed by atoms with Gasteiger partial charge in [0, 0.05) is 5.38 Å². The highest BCUT2D eigenvalue weighted by molar-refractivity contribution is 6.20. The van der Waals surface area contributed by atoms with E-state index in [-0.39, 0.29) is 0 Å². The summed E-state index contributed by atoms with van der Waals surface area (Å²) in [6.45, 7) is 0. The Bertz CT molecular complexity index is 651. The van der Waals surface area contributed by atoms with Crippen LogP contribution in [-0.4, -0.2) is 5.38 Å². The number of halogens is 1. The van der Waals surface area contributed by atoms with Crippen molar-refractivity contribution in [2.24, 2.45) is 59.2 Å². The average molecular weight is 499 g/mol. The Hall–Kier alpha value is 0.0300. The Balaban J connectivity index is 1.15. The van der Waals surface area contributed by atoms with Crippen LogP contribution in [0, 0.1) is 59.2 Å². The fourth-order valence-corrected chi connectivity index (χ4v) is 11.4. The highest BCUT2D eigenvalue weighted by Gasteiger charge is 2.54. The number of fused-ring (bicyclic) bond motifs is 2. The highest BCUT2D eigenvalue weighted by Crippen LogP contribution is 2.62. The third kappa shape index (κ3) is 5.59. The maximum atomic E-state index is 6.59. The van der Waals surface area contributed by atoms with Gasteiger partial charge in [-0.25, -0.2) is 0 Å². The van der Waals surface area contributed by atoms with Crippen LogP contribution < -0.4 is 0 Å². The van der Waals surface area contributed by atoms with Gasteiger partial charge in [0.25, 0.3) is 0 Å². The van der Waals surface area contributed by atoms with Crippen molar-refractivity contribution < 1.29 is 0 Å². The van der Waals surface area contributed by atoms with Gasteiger partial charge in [0.2, 0.25) is 0 Å². The molecular weight excluding hydrogens is 444 g/mol. The molecule has 0 radical (unpaired) electrons. The number of hydrogen-bond donors (Lipinski definition) is 0. The molecule has 0 aliphatic heterocycles. The first-order valence-corrected chi connectivity index (χ1v) is 17.0. The average Bonchev–Trinajstić information content (AvgIpc) is 2.92. The zero-order valence-corrected chi connectivity index (χ0v) is 23.5. The van der Waals surface area contributed by atoms with E-state index in [1.807, 2.05) is 0 Å². The fraction of sp³-hybridized carbons (Fsp3) is 0.941. The van der Waals surface area contributed by atoms with E-state index in [2.05, 4.69) is 12.2 Å². The molecule has 0 aromatic rings. The van der Waals surface area contributed by atoms with Crippen molar-refractivity contribution in [3.05, 3.63) is 12.2 Å². The predicted octanol–water partition coefficient (Wildman–Crippen LogP) is 10.6. The van der Waals surface area contributed by atoms with Crippen LogP contribution in [0.3, 0.4) is 0 Å². The fourth-order valence-electron chi connectivity index (χ4n) is 11.1. The van der Waals surface area contributed by atoms with Crippen molar-refractivity contribution in [1.29, 1.82) is 0 Å². The number of alkyl halides is 1. The maximum Gasteiger partial charge on any atom is 0.0336 e. The van der Waals surface area contributed by atoms with Gasteiger partial charge in [-0.3, -0.25) is 0 Å². The Morgan fingerprint density at radius 3 is 1.20 bits per heavy atom. The van der Waals surface area contributed by atoms with Crippen molar-refractivity contribution in [2.75, 3.05) is 0 Å². The van der Waals surface area contributed by atoms with Gasteiger partial charge in [-0.1, -0.05) is 57.1 Å². The van der Waals surface area contributed by atoms with Crippen molar-refractivity contribution in [2.45, 2.75) is 140 Å². The molecule has 0 bridgehead atoms. The van der Waals surface area contributed by atoms with E-state index in [1.54, 1.807) is 38.5 Å². The van der Waals surface area contributed by atoms with Crippen LogP contribution >= 0.6 is 11.6 Å². The monoisotopic (exact) mass is 498 g/mol. The highest BCUT2D eigenvalue weighted by atomic mass is 35.5.